The fourth-order valence-corrected chi connectivity index (χ4v) is 2.46. The average molecular weight is 344 g/mol. The monoisotopic (exact) mass is 344 g/mol. The second kappa shape index (κ2) is 6.51. The smallest absolute Gasteiger partial charge is 0.335 e. The lowest BCUT2D eigenvalue weighted by molar-refractivity contribution is -0.116. The number of benzene rings is 1. The van der Waals surface area contributed by atoms with E-state index in [-0.39, 0.29) is 29.4 Å². The Bertz CT molecular complexity index is 877. The Morgan fingerprint density at radius 3 is 2.72 bits per heavy atom. The van der Waals surface area contributed by atoms with Gasteiger partial charge in [0.15, 0.2) is 5.82 Å². The molecule has 10 heteroatoms. The minimum Gasteiger partial charge on any atom is -0.478 e. The van der Waals surface area contributed by atoms with Crippen molar-refractivity contribution in [3.8, 4) is 0 Å². The van der Waals surface area contributed by atoms with Crippen molar-refractivity contribution < 1.29 is 14.7 Å². The zero-order valence-corrected chi connectivity index (χ0v) is 13.1. The van der Waals surface area contributed by atoms with Crippen LogP contribution in [0.3, 0.4) is 0 Å². The Morgan fingerprint density at radius 1 is 1.32 bits per heavy atom. The fourth-order valence-electron chi connectivity index (χ4n) is 2.46. The summed E-state index contributed by atoms with van der Waals surface area (Å²) in [6, 6.07) is 5.88. The van der Waals surface area contributed by atoms with Gasteiger partial charge in [-0.25, -0.2) is 4.79 Å². The first-order valence-corrected chi connectivity index (χ1v) is 7.46. The van der Waals surface area contributed by atoms with Crippen LogP contribution in [0.25, 0.3) is 0 Å². The van der Waals surface area contributed by atoms with E-state index in [1.54, 1.807) is 4.90 Å². The highest BCUT2D eigenvalue weighted by molar-refractivity contribution is 5.92. The number of H-pyrrole nitrogens is 1. The van der Waals surface area contributed by atoms with Crippen LogP contribution in [0, 0.1) is 0 Å². The molecular weight excluding hydrogens is 328 g/mol. The summed E-state index contributed by atoms with van der Waals surface area (Å²) in [5.74, 6) is -0.838. The number of carbonyl (C=O) groups excluding carboxylic acids is 1. The molecule has 0 aliphatic carbocycles. The van der Waals surface area contributed by atoms with Crippen LogP contribution in [0.2, 0.25) is 0 Å². The number of nitrogens with one attached hydrogen (secondary N) is 3. The lowest BCUT2D eigenvalue weighted by atomic mass is 10.2. The molecule has 1 amide bonds. The van der Waals surface area contributed by atoms with Crippen LogP contribution in [0.4, 0.5) is 23.1 Å². The van der Waals surface area contributed by atoms with E-state index < -0.39 is 5.97 Å². The maximum atomic E-state index is 12.0. The highest BCUT2D eigenvalue weighted by atomic mass is 16.4. The summed E-state index contributed by atoms with van der Waals surface area (Å²) < 4.78 is 0. The Morgan fingerprint density at radius 2 is 2.04 bits per heavy atom. The number of fused-ring (bicyclic) bond motifs is 1. The first-order valence-electron chi connectivity index (χ1n) is 7.46. The molecule has 2 aromatic rings. The molecule has 2 heterocycles. The predicted molar refractivity (Wildman–Crippen MR) is 91.8 cm³/mol. The van der Waals surface area contributed by atoms with Gasteiger partial charge in [0.2, 0.25) is 11.9 Å². The molecule has 1 aromatic carbocycles. The minimum atomic E-state index is -1.03. The van der Waals surface area contributed by atoms with Gasteiger partial charge in [0, 0.05) is 18.7 Å². The van der Waals surface area contributed by atoms with Crippen LogP contribution in [0.15, 0.2) is 29.1 Å². The van der Waals surface area contributed by atoms with E-state index in [9.17, 15) is 14.4 Å². The van der Waals surface area contributed by atoms with Crippen molar-refractivity contribution in [2.75, 3.05) is 34.5 Å². The van der Waals surface area contributed by atoms with Gasteiger partial charge in [-0.15, -0.1) is 0 Å². The number of rotatable bonds is 5. The van der Waals surface area contributed by atoms with Crippen molar-refractivity contribution in [2.24, 2.45) is 0 Å². The molecule has 0 saturated carbocycles. The number of hydrogen-bond donors (Lipinski definition) is 5. The SMILES string of the molecule is Nc1nc2c(c(=O)[nH]1)NCN2CCC(=O)Nc1ccc(C(=O)O)cc1. The zero-order valence-electron chi connectivity index (χ0n) is 13.1. The van der Waals surface area contributed by atoms with E-state index in [1.165, 1.54) is 24.3 Å². The third kappa shape index (κ3) is 3.52. The first-order chi connectivity index (χ1) is 11.9. The van der Waals surface area contributed by atoms with Crippen molar-refractivity contribution in [3.63, 3.8) is 0 Å². The lowest BCUT2D eigenvalue weighted by Crippen LogP contribution is -2.28. The summed E-state index contributed by atoms with van der Waals surface area (Å²) in [5.41, 5.74) is 6.17. The Labute approximate surface area is 141 Å². The third-order valence-electron chi connectivity index (χ3n) is 3.69. The number of nitrogen functional groups attached to an aromatic ring is 1. The van der Waals surface area contributed by atoms with Gasteiger partial charge in [0.1, 0.15) is 5.69 Å². The number of anilines is 4. The van der Waals surface area contributed by atoms with E-state index >= 15 is 0 Å². The molecule has 1 aromatic heterocycles. The molecule has 0 atom stereocenters. The summed E-state index contributed by atoms with van der Waals surface area (Å²) in [6.45, 7) is 0.699. The number of aromatic nitrogens is 2. The van der Waals surface area contributed by atoms with Crippen LogP contribution in [0.1, 0.15) is 16.8 Å². The number of aromatic amines is 1. The van der Waals surface area contributed by atoms with Crippen LogP contribution in [0.5, 0.6) is 0 Å². The molecule has 6 N–H and O–H groups in total. The summed E-state index contributed by atoms with van der Waals surface area (Å²) in [5, 5.41) is 14.4. The molecule has 0 spiro atoms. The summed E-state index contributed by atoms with van der Waals surface area (Å²) >= 11 is 0. The predicted octanol–water partition coefficient (Wildman–Crippen LogP) is 0.268. The molecule has 0 radical (unpaired) electrons. The minimum absolute atomic E-state index is 0.0143. The maximum absolute atomic E-state index is 12.0. The molecular formula is C15H16N6O4. The van der Waals surface area contributed by atoms with Crippen molar-refractivity contribution in [1.82, 2.24) is 9.97 Å². The molecule has 0 fully saturated rings. The topological polar surface area (TPSA) is 153 Å². The van der Waals surface area contributed by atoms with E-state index in [0.717, 1.165) is 0 Å². The van der Waals surface area contributed by atoms with Gasteiger partial charge in [0.05, 0.1) is 12.2 Å². The largest absolute Gasteiger partial charge is 0.478 e. The highest BCUT2D eigenvalue weighted by Crippen LogP contribution is 2.25. The number of amides is 1. The van der Waals surface area contributed by atoms with Gasteiger partial charge >= 0.3 is 5.97 Å². The Kier molecular flexibility index (Phi) is 4.25. The van der Waals surface area contributed by atoms with Crippen molar-refractivity contribution >= 4 is 35.0 Å². The number of carboxylic acid groups (broad SMARTS) is 1. The lowest BCUT2D eigenvalue weighted by Gasteiger charge is -2.16. The molecule has 0 unspecified atom stereocenters. The number of aromatic carboxylic acids is 1. The second-order valence-electron chi connectivity index (χ2n) is 5.43. The molecule has 1 aliphatic heterocycles. The van der Waals surface area contributed by atoms with Crippen LogP contribution >= 0.6 is 0 Å². The molecule has 1 aliphatic rings. The van der Waals surface area contributed by atoms with Crippen molar-refractivity contribution in [3.05, 3.63) is 40.2 Å². The Hall–Kier alpha value is -3.56. The number of carboxylic acids is 1. The third-order valence-corrected chi connectivity index (χ3v) is 3.69. The number of nitrogens with zero attached hydrogens (tertiary/aromatic N) is 2. The Balaban J connectivity index is 1.59. The standard InChI is InChI=1S/C15H16N6O4/c16-15-19-12-11(13(23)20-15)17-7-21(12)6-5-10(22)18-9-3-1-8(2-4-9)14(24)25/h1-4,17H,5-7H2,(H,18,22)(H,24,25)(H3,16,19,20,23). The van der Waals surface area contributed by atoms with Gasteiger partial charge in [-0.1, -0.05) is 0 Å². The van der Waals surface area contributed by atoms with E-state index in [1.807, 2.05) is 0 Å². The molecule has 25 heavy (non-hydrogen) atoms. The molecule has 10 nitrogen and oxygen atoms in total. The number of hydrogen-bond acceptors (Lipinski definition) is 7. The number of nitrogens with two attached hydrogens (primary N) is 1. The van der Waals surface area contributed by atoms with Gasteiger partial charge in [0.25, 0.3) is 5.56 Å². The second-order valence-corrected chi connectivity index (χ2v) is 5.43. The van der Waals surface area contributed by atoms with Crippen LogP contribution in [-0.4, -0.2) is 40.2 Å². The van der Waals surface area contributed by atoms with Crippen molar-refractivity contribution in [2.45, 2.75) is 6.42 Å². The van der Waals surface area contributed by atoms with Crippen LogP contribution in [-0.2, 0) is 4.79 Å². The fraction of sp³-hybridized carbons (Fsp3) is 0.200. The maximum Gasteiger partial charge on any atom is 0.335 e. The zero-order chi connectivity index (χ0) is 18.0. The number of carbonyl (C=O) groups is 2. The average Bonchev–Trinajstić information content (AvgIpc) is 2.96. The van der Waals surface area contributed by atoms with E-state index in [2.05, 4.69) is 20.6 Å². The van der Waals surface area contributed by atoms with Crippen LogP contribution < -0.4 is 26.8 Å². The summed E-state index contributed by atoms with van der Waals surface area (Å²) in [7, 11) is 0. The highest BCUT2D eigenvalue weighted by Gasteiger charge is 2.24. The quantitative estimate of drug-likeness (QED) is 0.518. The van der Waals surface area contributed by atoms with Gasteiger partial charge in [-0.05, 0) is 24.3 Å². The van der Waals surface area contributed by atoms with Gasteiger partial charge in [-0.2, -0.15) is 4.98 Å². The van der Waals surface area contributed by atoms with Crippen molar-refractivity contribution in [1.29, 1.82) is 0 Å². The molecule has 0 saturated heterocycles. The summed E-state index contributed by atoms with van der Waals surface area (Å²) in [6.07, 6.45) is 0.163. The first kappa shape index (κ1) is 16.3. The van der Waals surface area contributed by atoms with E-state index in [0.29, 0.717) is 30.4 Å². The van der Waals surface area contributed by atoms with Gasteiger partial charge < -0.3 is 26.4 Å². The molecule has 0 bridgehead atoms. The summed E-state index contributed by atoms with van der Waals surface area (Å²) in [4.78, 5) is 42.8. The molecule has 130 valence electrons. The normalized spacial score (nSPS) is 12.4. The van der Waals surface area contributed by atoms with Gasteiger partial charge in [-0.3, -0.25) is 14.6 Å². The van der Waals surface area contributed by atoms with E-state index in [4.69, 9.17) is 10.8 Å². The molecule has 3 rings (SSSR count).